The van der Waals surface area contributed by atoms with Gasteiger partial charge in [-0.2, -0.15) is 10.4 Å². The molecule has 3 nitrogen and oxygen atoms in total. The second-order valence-electron chi connectivity index (χ2n) is 3.46. The van der Waals surface area contributed by atoms with Crippen LogP contribution in [0.25, 0.3) is 10.9 Å². The van der Waals surface area contributed by atoms with Gasteiger partial charge in [0, 0.05) is 11.9 Å². The van der Waals surface area contributed by atoms with E-state index in [-0.39, 0.29) is 0 Å². The fraction of sp³-hybridized carbons (Fsp3) is 0.333. The zero-order valence-corrected chi connectivity index (χ0v) is 8.99. The van der Waals surface area contributed by atoms with Gasteiger partial charge in [-0.15, -0.1) is 0 Å². The van der Waals surface area contributed by atoms with Gasteiger partial charge in [-0.25, -0.2) is 0 Å². The van der Waals surface area contributed by atoms with Gasteiger partial charge in [-0.1, -0.05) is 6.92 Å². The van der Waals surface area contributed by atoms with Crippen molar-refractivity contribution in [3.05, 3.63) is 29.5 Å². The third kappa shape index (κ3) is 1.48. The number of nitriles is 1. The number of aromatic nitrogens is 2. The van der Waals surface area contributed by atoms with E-state index in [0.717, 1.165) is 29.6 Å². The third-order valence-corrected chi connectivity index (χ3v) is 2.59. The largest absolute Gasteiger partial charge is 0.265 e. The smallest absolute Gasteiger partial charge is 0.0991 e. The highest BCUT2D eigenvalue weighted by atomic mass is 15.3. The Morgan fingerprint density at radius 3 is 2.80 bits per heavy atom. The van der Waals surface area contributed by atoms with E-state index in [9.17, 15) is 0 Å². The molecule has 0 radical (unpaired) electrons. The lowest BCUT2D eigenvalue weighted by Crippen LogP contribution is -1.96. The van der Waals surface area contributed by atoms with Gasteiger partial charge in [0.2, 0.25) is 0 Å². The average Bonchev–Trinajstić information content (AvgIpc) is 2.65. The molecule has 0 aliphatic rings. The van der Waals surface area contributed by atoms with E-state index in [4.69, 9.17) is 5.26 Å². The molecule has 2 rings (SSSR count). The molecule has 1 aromatic carbocycles. The van der Waals surface area contributed by atoms with E-state index >= 15 is 0 Å². The summed E-state index contributed by atoms with van der Waals surface area (Å²) in [5.74, 6) is 0. The number of fused-ring (bicyclic) bond motifs is 1. The van der Waals surface area contributed by atoms with Gasteiger partial charge in [-0.3, -0.25) is 4.68 Å². The van der Waals surface area contributed by atoms with E-state index in [1.54, 1.807) is 0 Å². The van der Waals surface area contributed by atoms with Crippen LogP contribution in [0.15, 0.2) is 18.2 Å². The van der Waals surface area contributed by atoms with Gasteiger partial charge in [0.1, 0.15) is 0 Å². The topological polar surface area (TPSA) is 41.6 Å². The van der Waals surface area contributed by atoms with Gasteiger partial charge >= 0.3 is 0 Å². The summed E-state index contributed by atoms with van der Waals surface area (Å²) in [5, 5.41) is 14.5. The highest BCUT2D eigenvalue weighted by molar-refractivity contribution is 5.83. The lowest BCUT2D eigenvalue weighted by Gasteiger charge is -1.97. The number of benzene rings is 1. The molecule has 15 heavy (non-hydrogen) atoms. The molecule has 0 fully saturated rings. The Labute approximate surface area is 88.9 Å². The number of nitrogens with zero attached hydrogens (tertiary/aromatic N) is 3. The van der Waals surface area contributed by atoms with Crippen LogP contribution in [0.1, 0.15) is 25.1 Å². The first-order chi connectivity index (χ1) is 7.30. The summed E-state index contributed by atoms with van der Waals surface area (Å²) in [4.78, 5) is 0. The lowest BCUT2D eigenvalue weighted by molar-refractivity contribution is 0.670. The number of hydrogen-bond donors (Lipinski definition) is 0. The van der Waals surface area contributed by atoms with Gasteiger partial charge in [0.25, 0.3) is 0 Å². The minimum absolute atomic E-state index is 0.702. The Hall–Kier alpha value is -1.82. The standard InChI is InChI=1S/C12H13N3/c1-3-11-10-7-9(8-13)5-6-12(10)15(4-2)14-11/h5-7H,3-4H2,1-2H3. The van der Waals surface area contributed by atoms with Crippen molar-refractivity contribution < 1.29 is 0 Å². The van der Waals surface area contributed by atoms with E-state index in [1.807, 2.05) is 22.9 Å². The molecule has 0 bridgehead atoms. The molecule has 76 valence electrons. The van der Waals surface area contributed by atoms with Crippen molar-refractivity contribution >= 4 is 10.9 Å². The first kappa shape index (κ1) is 9.72. The Kier molecular flexibility index (Phi) is 2.42. The molecule has 1 aromatic heterocycles. The molecule has 2 aromatic rings. The van der Waals surface area contributed by atoms with E-state index in [1.165, 1.54) is 0 Å². The summed E-state index contributed by atoms with van der Waals surface area (Å²) in [6, 6.07) is 7.90. The van der Waals surface area contributed by atoms with Crippen molar-refractivity contribution in [2.75, 3.05) is 0 Å². The molecule has 0 N–H and O–H groups in total. The summed E-state index contributed by atoms with van der Waals surface area (Å²) in [6.07, 6.45) is 0.901. The summed E-state index contributed by atoms with van der Waals surface area (Å²) in [6.45, 7) is 5.02. The number of aryl methyl sites for hydroxylation is 2. The summed E-state index contributed by atoms with van der Waals surface area (Å²) < 4.78 is 1.98. The quantitative estimate of drug-likeness (QED) is 0.745. The van der Waals surface area contributed by atoms with E-state index < -0.39 is 0 Å². The van der Waals surface area contributed by atoms with Crippen LogP contribution in [0.4, 0.5) is 0 Å². The second kappa shape index (κ2) is 3.74. The van der Waals surface area contributed by atoms with Crippen LogP contribution in [0.3, 0.4) is 0 Å². The van der Waals surface area contributed by atoms with Crippen LogP contribution < -0.4 is 0 Å². The number of hydrogen-bond acceptors (Lipinski definition) is 2. The van der Waals surface area contributed by atoms with E-state index in [2.05, 4.69) is 25.0 Å². The van der Waals surface area contributed by atoms with Crippen molar-refractivity contribution in [3.8, 4) is 6.07 Å². The molecular weight excluding hydrogens is 186 g/mol. The third-order valence-electron chi connectivity index (χ3n) is 2.59. The van der Waals surface area contributed by atoms with Crippen LogP contribution >= 0.6 is 0 Å². The average molecular weight is 199 g/mol. The SMILES string of the molecule is CCc1nn(CC)c2ccc(C#N)cc12. The molecule has 3 heteroatoms. The fourth-order valence-electron chi connectivity index (χ4n) is 1.82. The van der Waals surface area contributed by atoms with Crippen LogP contribution in [-0.2, 0) is 13.0 Å². The van der Waals surface area contributed by atoms with Crippen LogP contribution in [-0.4, -0.2) is 9.78 Å². The predicted octanol–water partition coefficient (Wildman–Crippen LogP) is 2.49. The van der Waals surface area contributed by atoms with Gasteiger partial charge in [0.05, 0.1) is 22.8 Å². The first-order valence-electron chi connectivity index (χ1n) is 5.19. The monoisotopic (exact) mass is 199 g/mol. The van der Waals surface area contributed by atoms with Crippen LogP contribution in [0.2, 0.25) is 0 Å². The molecule has 0 saturated heterocycles. The number of rotatable bonds is 2. The summed E-state index contributed by atoms with van der Waals surface area (Å²) in [5.41, 5.74) is 2.89. The predicted molar refractivity (Wildman–Crippen MR) is 59.5 cm³/mol. The maximum absolute atomic E-state index is 8.85. The van der Waals surface area contributed by atoms with Gasteiger partial charge < -0.3 is 0 Å². The first-order valence-corrected chi connectivity index (χ1v) is 5.19. The van der Waals surface area contributed by atoms with Crippen LogP contribution in [0, 0.1) is 11.3 Å². The lowest BCUT2D eigenvalue weighted by atomic mass is 10.1. The Bertz CT molecular complexity index is 532. The van der Waals surface area contributed by atoms with Crippen molar-refractivity contribution in [3.63, 3.8) is 0 Å². The minimum atomic E-state index is 0.702. The summed E-state index contributed by atoms with van der Waals surface area (Å²) >= 11 is 0. The Morgan fingerprint density at radius 1 is 1.40 bits per heavy atom. The maximum atomic E-state index is 8.85. The molecule has 0 aliphatic heterocycles. The molecule has 1 heterocycles. The molecule has 0 unspecified atom stereocenters. The van der Waals surface area contributed by atoms with Gasteiger partial charge in [0.15, 0.2) is 0 Å². The normalized spacial score (nSPS) is 10.5. The minimum Gasteiger partial charge on any atom is -0.265 e. The van der Waals surface area contributed by atoms with Crippen LogP contribution in [0.5, 0.6) is 0 Å². The Balaban J connectivity index is 2.75. The molecule has 0 atom stereocenters. The molecule has 0 saturated carbocycles. The van der Waals surface area contributed by atoms with E-state index in [0.29, 0.717) is 5.56 Å². The van der Waals surface area contributed by atoms with Crippen molar-refractivity contribution in [1.82, 2.24) is 9.78 Å². The highest BCUT2D eigenvalue weighted by Crippen LogP contribution is 2.20. The van der Waals surface area contributed by atoms with Gasteiger partial charge in [-0.05, 0) is 31.5 Å². The molecule has 0 aliphatic carbocycles. The molecule has 0 amide bonds. The molecule has 0 spiro atoms. The highest BCUT2D eigenvalue weighted by Gasteiger charge is 2.08. The zero-order chi connectivity index (χ0) is 10.8. The second-order valence-corrected chi connectivity index (χ2v) is 3.46. The van der Waals surface area contributed by atoms with Crippen molar-refractivity contribution in [2.45, 2.75) is 26.8 Å². The Morgan fingerprint density at radius 2 is 2.20 bits per heavy atom. The van der Waals surface area contributed by atoms with Crippen molar-refractivity contribution in [1.29, 1.82) is 5.26 Å². The van der Waals surface area contributed by atoms with Crippen molar-refractivity contribution in [2.24, 2.45) is 0 Å². The zero-order valence-electron chi connectivity index (χ0n) is 8.99. The maximum Gasteiger partial charge on any atom is 0.0991 e. The molecular formula is C12H13N3. The summed E-state index contributed by atoms with van der Waals surface area (Å²) in [7, 11) is 0. The fourth-order valence-corrected chi connectivity index (χ4v) is 1.82.